The maximum Gasteiger partial charge on any atom is 0.226 e. The molecule has 0 aliphatic heterocycles. The fraction of sp³-hybridized carbons (Fsp3) is 0.238. The molecule has 0 amide bonds. The van der Waals surface area contributed by atoms with Gasteiger partial charge in [0.05, 0.1) is 0 Å². The number of ether oxygens (including phenoxy) is 1. The fourth-order valence-corrected chi connectivity index (χ4v) is 2.75. The Kier molecular flexibility index (Phi) is 5.37. The lowest BCUT2D eigenvalue weighted by molar-refractivity contribution is 0.463. The van der Waals surface area contributed by atoms with Gasteiger partial charge in [-0.1, -0.05) is 32.0 Å². The largest absolute Gasteiger partial charge is 0.439 e. The number of nitrogens with two attached hydrogens (primary N) is 1. The fourth-order valence-electron chi connectivity index (χ4n) is 2.75. The third-order valence-corrected chi connectivity index (χ3v) is 4.28. The Balaban J connectivity index is 1.80. The van der Waals surface area contributed by atoms with Crippen LogP contribution in [0.3, 0.4) is 0 Å². The molecule has 3 rings (SSSR count). The van der Waals surface area contributed by atoms with Crippen LogP contribution in [-0.2, 0) is 12.8 Å². The van der Waals surface area contributed by atoms with Crippen LogP contribution in [0.4, 0.5) is 17.5 Å². The van der Waals surface area contributed by atoms with E-state index in [0.29, 0.717) is 11.7 Å². The Hall–Kier alpha value is -3.08. The molecule has 5 heteroatoms. The molecule has 0 aliphatic carbocycles. The van der Waals surface area contributed by atoms with Gasteiger partial charge in [0, 0.05) is 11.8 Å². The zero-order valence-electron chi connectivity index (χ0n) is 15.4. The second-order valence-electron chi connectivity index (χ2n) is 6.17. The van der Waals surface area contributed by atoms with Crippen LogP contribution < -0.4 is 15.8 Å². The van der Waals surface area contributed by atoms with Crippen LogP contribution in [0, 0.1) is 6.92 Å². The smallest absolute Gasteiger partial charge is 0.226 e. The molecular weight excluding hydrogens is 324 g/mol. The summed E-state index contributed by atoms with van der Waals surface area (Å²) in [6, 6.07) is 15.9. The summed E-state index contributed by atoms with van der Waals surface area (Å²) in [7, 11) is 0. The number of nitrogens with one attached hydrogen (secondary N) is 1. The minimum atomic E-state index is 0.165. The third-order valence-electron chi connectivity index (χ3n) is 4.28. The van der Waals surface area contributed by atoms with Gasteiger partial charge < -0.3 is 15.8 Å². The van der Waals surface area contributed by atoms with Crippen LogP contribution in [0.5, 0.6) is 11.6 Å². The molecule has 0 saturated heterocycles. The summed E-state index contributed by atoms with van der Waals surface area (Å²) in [5, 5.41) is 3.28. The quantitative estimate of drug-likeness (QED) is 0.654. The van der Waals surface area contributed by atoms with Gasteiger partial charge in [-0.15, -0.1) is 0 Å². The molecule has 0 fully saturated rings. The molecule has 0 radical (unpaired) electrons. The van der Waals surface area contributed by atoms with Gasteiger partial charge in [0.1, 0.15) is 11.6 Å². The van der Waals surface area contributed by atoms with Crippen LogP contribution in [0.1, 0.15) is 30.5 Å². The van der Waals surface area contributed by atoms with E-state index in [1.807, 2.05) is 30.3 Å². The van der Waals surface area contributed by atoms with Crippen LogP contribution >= 0.6 is 0 Å². The third kappa shape index (κ3) is 4.30. The summed E-state index contributed by atoms with van der Waals surface area (Å²) in [4.78, 5) is 8.42. The average Bonchev–Trinajstić information content (AvgIpc) is 2.63. The molecule has 1 heterocycles. The van der Waals surface area contributed by atoms with Crippen molar-refractivity contribution in [3.05, 3.63) is 65.2 Å². The summed E-state index contributed by atoms with van der Waals surface area (Å²) in [5.74, 6) is 1.89. The van der Waals surface area contributed by atoms with E-state index in [1.54, 1.807) is 6.07 Å². The van der Waals surface area contributed by atoms with E-state index >= 15 is 0 Å². The highest BCUT2D eigenvalue weighted by Gasteiger charge is 2.07. The molecule has 3 N–H and O–H groups in total. The lowest BCUT2D eigenvalue weighted by atomic mass is 10.1. The van der Waals surface area contributed by atoms with Crippen molar-refractivity contribution in [1.29, 1.82) is 0 Å². The minimum absolute atomic E-state index is 0.165. The molecule has 5 nitrogen and oxygen atoms in total. The van der Waals surface area contributed by atoms with Crippen LogP contribution in [-0.4, -0.2) is 9.97 Å². The number of anilines is 3. The number of rotatable bonds is 6. The first kappa shape index (κ1) is 17.7. The second-order valence-corrected chi connectivity index (χ2v) is 6.17. The number of nitrogens with zero attached hydrogens (tertiary/aromatic N) is 2. The minimum Gasteiger partial charge on any atom is -0.439 e. The maximum absolute atomic E-state index is 5.85. The van der Waals surface area contributed by atoms with E-state index in [2.05, 4.69) is 48.2 Å². The standard InChI is InChI=1S/C21H24N4O/c1-4-15-7-10-18(11-8-15)26-20-13-19(24-21(22)25-20)23-17-9-6-14(3)16(5-2)12-17/h6-13H,4-5H2,1-3H3,(H3,22,23,24,25). The summed E-state index contributed by atoms with van der Waals surface area (Å²) in [6.45, 7) is 6.37. The van der Waals surface area contributed by atoms with E-state index < -0.39 is 0 Å². The van der Waals surface area contributed by atoms with Gasteiger partial charge in [0.2, 0.25) is 11.8 Å². The summed E-state index contributed by atoms with van der Waals surface area (Å²) >= 11 is 0. The Morgan fingerprint density at radius 3 is 2.42 bits per heavy atom. The normalized spacial score (nSPS) is 10.6. The van der Waals surface area contributed by atoms with Crippen molar-refractivity contribution >= 4 is 17.5 Å². The number of aryl methyl sites for hydroxylation is 3. The molecule has 0 bridgehead atoms. The van der Waals surface area contributed by atoms with Crippen molar-refractivity contribution in [2.75, 3.05) is 11.1 Å². The van der Waals surface area contributed by atoms with E-state index in [4.69, 9.17) is 10.5 Å². The molecule has 26 heavy (non-hydrogen) atoms. The van der Waals surface area contributed by atoms with Crippen molar-refractivity contribution in [2.24, 2.45) is 0 Å². The van der Waals surface area contributed by atoms with Crippen molar-refractivity contribution in [3.63, 3.8) is 0 Å². The molecular formula is C21H24N4O. The average molecular weight is 348 g/mol. The molecule has 3 aromatic rings. The first-order valence-electron chi connectivity index (χ1n) is 8.85. The summed E-state index contributed by atoms with van der Waals surface area (Å²) in [6.07, 6.45) is 1.97. The van der Waals surface area contributed by atoms with Crippen molar-refractivity contribution in [2.45, 2.75) is 33.6 Å². The van der Waals surface area contributed by atoms with Gasteiger partial charge in [0.25, 0.3) is 0 Å². The maximum atomic E-state index is 5.85. The van der Waals surface area contributed by atoms with Crippen molar-refractivity contribution < 1.29 is 4.74 Å². The zero-order chi connectivity index (χ0) is 18.5. The summed E-state index contributed by atoms with van der Waals surface area (Å²) < 4.78 is 5.83. The van der Waals surface area contributed by atoms with E-state index in [0.717, 1.165) is 24.3 Å². The molecule has 0 aliphatic rings. The van der Waals surface area contributed by atoms with E-state index in [-0.39, 0.29) is 5.95 Å². The highest BCUT2D eigenvalue weighted by Crippen LogP contribution is 2.25. The number of hydrogen-bond acceptors (Lipinski definition) is 5. The second kappa shape index (κ2) is 7.87. The molecule has 2 aromatic carbocycles. The lowest BCUT2D eigenvalue weighted by Crippen LogP contribution is -2.02. The van der Waals surface area contributed by atoms with Crippen molar-refractivity contribution in [1.82, 2.24) is 9.97 Å². The van der Waals surface area contributed by atoms with Gasteiger partial charge in [-0.3, -0.25) is 0 Å². The SMILES string of the molecule is CCc1ccc(Oc2cc(Nc3ccc(C)c(CC)c3)nc(N)n2)cc1. The Labute approximate surface area is 154 Å². The number of nitrogen functional groups attached to an aromatic ring is 1. The van der Waals surface area contributed by atoms with Gasteiger partial charge in [-0.05, 0) is 60.7 Å². The Morgan fingerprint density at radius 2 is 1.73 bits per heavy atom. The zero-order valence-corrected chi connectivity index (χ0v) is 15.4. The molecule has 0 atom stereocenters. The number of hydrogen-bond donors (Lipinski definition) is 2. The monoisotopic (exact) mass is 348 g/mol. The lowest BCUT2D eigenvalue weighted by Gasteiger charge is -2.11. The van der Waals surface area contributed by atoms with Gasteiger partial charge >= 0.3 is 0 Å². The molecule has 0 unspecified atom stereocenters. The van der Waals surface area contributed by atoms with E-state index in [9.17, 15) is 0 Å². The highest BCUT2D eigenvalue weighted by atomic mass is 16.5. The molecule has 0 saturated carbocycles. The first-order chi connectivity index (χ1) is 12.6. The van der Waals surface area contributed by atoms with Crippen LogP contribution in [0.25, 0.3) is 0 Å². The predicted octanol–water partition coefficient (Wildman–Crippen LogP) is 5.03. The topological polar surface area (TPSA) is 73.1 Å². The highest BCUT2D eigenvalue weighted by molar-refractivity contribution is 5.60. The van der Waals surface area contributed by atoms with Gasteiger partial charge in [0.15, 0.2) is 0 Å². The number of aromatic nitrogens is 2. The molecule has 1 aromatic heterocycles. The first-order valence-corrected chi connectivity index (χ1v) is 8.85. The Bertz CT molecular complexity index is 891. The number of benzene rings is 2. The Morgan fingerprint density at radius 1 is 0.962 bits per heavy atom. The molecule has 134 valence electrons. The van der Waals surface area contributed by atoms with Crippen LogP contribution in [0.15, 0.2) is 48.5 Å². The van der Waals surface area contributed by atoms with E-state index in [1.165, 1.54) is 16.7 Å². The van der Waals surface area contributed by atoms with Gasteiger partial charge in [-0.25, -0.2) is 0 Å². The summed E-state index contributed by atoms with van der Waals surface area (Å²) in [5.41, 5.74) is 10.6. The predicted molar refractivity (Wildman–Crippen MR) is 106 cm³/mol. The van der Waals surface area contributed by atoms with Gasteiger partial charge in [-0.2, -0.15) is 9.97 Å². The molecule has 0 spiro atoms. The van der Waals surface area contributed by atoms with Crippen molar-refractivity contribution in [3.8, 4) is 11.6 Å². The van der Waals surface area contributed by atoms with Crippen LogP contribution in [0.2, 0.25) is 0 Å².